The summed E-state index contributed by atoms with van der Waals surface area (Å²) in [5.41, 5.74) is 5.99. The number of halogens is 3. The van der Waals surface area contributed by atoms with Crippen molar-refractivity contribution in [3.8, 4) is 0 Å². The first-order chi connectivity index (χ1) is 14.0. The number of rotatable bonds is 4. The molecule has 1 fully saturated rings. The summed E-state index contributed by atoms with van der Waals surface area (Å²) < 4.78 is 29.9. The van der Waals surface area contributed by atoms with Gasteiger partial charge in [-0.15, -0.1) is 5.10 Å². The maximum absolute atomic E-state index is 14.8. The fourth-order valence-electron chi connectivity index (χ4n) is 3.83. The number of thioether (sulfide) groups is 1. The molecule has 3 heterocycles. The molecule has 148 valence electrons. The minimum atomic E-state index is -1.28. The minimum absolute atomic E-state index is 0.0640. The van der Waals surface area contributed by atoms with Gasteiger partial charge in [0, 0.05) is 38.5 Å². The van der Waals surface area contributed by atoms with E-state index in [4.69, 9.17) is 5.73 Å². The molecule has 1 saturated carbocycles. The zero-order chi connectivity index (χ0) is 20.2. The van der Waals surface area contributed by atoms with Crippen molar-refractivity contribution in [2.75, 3.05) is 12.0 Å². The normalized spacial score (nSPS) is 25.4. The Kier molecular flexibility index (Phi) is 4.43. The second-order valence-electron chi connectivity index (χ2n) is 7.11. The number of pyridine rings is 1. The summed E-state index contributed by atoms with van der Waals surface area (Å²) in [6.45, 7) is -0.806. The van der Waals surface area contributed by atoms with Crippen molar-refractivity contribution in [3.05, 3.63) is 52.5 Å². The van der Waals surface area contributed by atoms with Crippen LogP contribution in [0.3, 0.4) is 0 Å². The fraction of sp³-hybridized carbons (Fsp3) is 0.263. The molecule has 0 unspecified atom stereocenters. The zero-order valence-corrected chi connectivity index (χ0v) is 17.3. The third-order valence-electron chi connectivity index (χ3n) is 5.29. The molecule has 1 aliphatic carbocycles. The summed E-state index contributed by atoms with van der Waals surface area (Å²) >= 11 is 4.82. The quantitative estimate of drug-likeness (QED) is 0.583. The van der Waals surface area contributed by atoms with Gasteiger partial charge in [0.1, 0.15) is 23.5 Å². The molecule has 6 nitrogen and oxygen atoms in total. The minimum Gasteiger partial charge on any atom is -0.379 e. The summed E-state index contributed by atoms with van der Waals surface area (Å²) in [7, 11) is 0. The van der Waals surface area contributed by atoms with Gasteiger partial charge in [-0.1, -0.05) is 11.8 Å². The molecular weight excluding hydrogens is 462 g/mol. The van der Waals surface area contributed by atoms with Crippen molar-refractivity contribution >= 4 is 55.3 Å². The van der Waals surface area contributed by atoms with Gasteiger partial charge in [0.05, 0.1) is 6.20 Å². The predicted molar refractivity (Wildman–Crippen MR) is 113 cm³/mol. The van der Waals surface area contributed by atoms with Crippen LogP contribution >= 0.6 is 27.7 Å². The van der Waals surface area contributed by atoms with Crippen molar-refractivity contribution in [2.45, 2.75) is 17.2 Å². The van der Waals surface area contributed by atoms with Crippen LogP contribution in [-0.4, -0.2) is 32.3 Å². The maximum atomic E-state index is 14.8. The molecule has 5 rings (SSSR count). The highest BCUT2D eigenvalue weighted by Gasteiger charge is 2.58. The third kappa shape index (κ3) is 3.14. The van der Waals surface area contributed by atoms with E-state index in [-0.39, 0.29) is 16.7 Å². The lowest BCUT2D eigenvalue weighted by Crippen LogP contribution is -2.36. The van der Waals surface area contributed by atoms with E-state index in [0.29, 0.717) is 22.2 Å². The first-order valence-corrected chi connectivity index (χ1v) is 10.6. The number of nitrogens with two attached hydrogens (primary N) is 1. The van der Waals surface area contributed by atoms with Crippen LogP contribution in [0, 0.1) is 11.7 Å². The first kappa shape index (κ1) is 18.7. The molecule has 0 saturated heterocycles. The summed E-state index contributed by atoms with van der Waals surface area (Å²) in [6.07, 6.45) is 4.04. The number of hydrogen-bond donors (Lipinski definition) is 2. The van der Waals surface area contributed by atoms with Gasteiger partial charge < -0.3 is 11.1 Å². The van der Waals surface area contributed by atoms with E-state index in [1.807, 2.05) is 6.07 Å². The molecule has 3 N–H and O–H groups in total. The molecule has 29 heavy (non-hydrogen) atoms. The van der Waals surface area contributed by atoms with E-state index in [1.165, 1.54) is 17.8 Å². The largest absolute Gasteiger partial charge is 0.379 e. The average Bonchev–Trinajstić information content (AvgIpc) is 3.48. The molecule has 1 aromatic carbocycles. The lowest BCUT2D eigenvalue weighted by atomic mass is 9.86. The Labute approximate surface area is 177 Å². The molecule has 0 spiro atoms. The molecule has 1 aliphatic heterocycles. The van der Waals surface area contributed by atoms with Crippen molar-refractivity contribution in [1.82, 2.24) is 15.2 Å². The van der Waals surface area contributed by atoms with Crippen molar-refractivity contribution in [2.24, 2.45) is 16.6 Å². The van der Waals surface area contributed by atoms with E-state index in [9.17, 15) is 8.78 Å². The van der Waals surface area contributed by atoms with Crippen LogP contribution in [0.5, 0.6) is 0 Å². The molecule has 0 amide bonds. The predicted octanol–water partition coefficient (Wildman–Crippen LogP) is 4.28. The fourth-order valence-corrected chi connectivity index (χ4v) is 5.40. The third-order valence-corrected chi connectivity index (χ3v) is 6.88. The number of anilines is 2. The van der Waals surface area contributed by atoms with Crippen LogP contribution in [0.15, 0.2) is 46.1 Å². The van der Waals surface area contributed by atoms with Gasteiger partial charge in [-0.2, -0.15) is 5.10 Å². The Balaban J connectivity index is 1.57. The van der Waals surface area contributed by atoms with Crippen LogP contribution in [0.25, 0.3) is 10.9 Å². The summed E-state index contributed by atoms with van der Waals surface area (Å²) in [4.78, 5) is 8.74. The van der Waals surface area contributed by atoms with Crippen molar-refractivity contribution in [1.29, 1.82) is 0 Å². The Bertz CT molecular complexity index is 1160. The van der Waals surface area contributed by atoms with Gasteiger partial charge in [-0.05, 0) is 46.6 Å². The standard InChI is InChI=1S/C19H15BrF2N6S/c20-10-3-9-6-25-28-17(16(9)24-7-10)26-11-1-2-14(22)12(4-11)19(8-21)13-5-15(13)29-18(23)27-19/h1-4,6-7,13,15H,5,8H2,(H2,23,27)(H,26,28)/t13-,15+,19-/m1/s1. The smallest absolute Gasteiger partial charge is 0.179 e. The molecular formula is C19H15BrF2N6S. The highest BCUT2D eigenvalue weighted by Crippen LogP contribution is 2.58. The van der Waals surface area contributed by atoms with Crippen molar-refractivity contribution in [3.63, 3.8) is 0 Å². The zero-order valence-electron chi connectivity index (χ0n) is 14.9. The monoisotopic (exact) mass is 476 g/mol. The van der Waals surface area contributed by atoms with E-state index in [1.54, 1.807) is 24.5 Å². The number of alkyl halides is 1. The van der Waals surface area contributed by atoms with Crippen LogP contribution in [0.4, 0.5) is 20.3 Å². The van der Waals surface area contributed by atoms with E-state index in [0.717, 1.165) is 16.3 Å². The molecule has 2 aromatic heterocycles. The molecule has 3 aromatic rings. The van der Waals surface area contributed by atoms with Crippen molar-refractivity contribution < 1.29 is 8.78 Å². The highest BCUT2D eigenvalue weighted by molar-refractivity contribution is 9.10. The number of nitrogens with one attached hydrogen (secondary N) is 1. The SMILES string of the molecule is NC1=N[C@](CF)(c2cc(Nc3nncc4cc(Br)cnc34)ccc2F)[C@@H]2C[C@@H]2S1. The average molecular weight is 477 g/mol. The van der Waals surface area contributed by atoms with Gasteiger partial charge in [0.25, 0.3) is 0 Å². The number of aromatic nitrogens is 3. The van der Waals surface area contributed by atoms with Crippen LogP contribution in [0.2, 0.25) is 0 Å². The van der Waals surface area contributed by atoms with Gasteiger partial charge >= 0.3 is 0 Å². The highest BCUT2D eigenvalue weighted by atomic mass is 79.9. The lowest BCUT2D eigenvalue weighted by molar-refractivity contribution is 0.272. The molecule has 0 bridgehead atoms. The van der Waals surface area contributed by atoms with Crippen LogP contribution in [0.1, 0.15) is 12.0 Å². The van der Waals surface area contributed by atoms with E-state index >= 15 is 0 Å². The number of nitrogens with zero attached hydrogens (tertiary/aromatic N) is 4. The van der Waals surface area contributed by atoms with Gasteiger partial charge in [-0.25, -0.2) is 13.8 Å². The van der Waals surface area contributed by atoms with Gasteiger partial charge in [-0.3, -0.25) is 4.98 Å². The Hall–Kier alpha value is -2.33. The van der Waals surface area contributed by atoms with Gasteiger partial charge in [0.15, 0.2) is 11.0 Å². The van der Waals surface area contributed by atoms with E-state index in [2.05, 4.69) is 41.4 Å². The second kappa shape index (κ2) is 6.88. The number of benzene rings is 1. The second-order valence-corrected chi connectivity index (χ2v) is 9.29. The molecule has 0 radical (unpaired) electrons. The van der Waals surface area contributed by atoms with Gasteiger partial charge in [0.2, 0.25) is 0 Å². The maximum Gasteiger partial charge on any atom is 0.179 e. The summed E-state index contributed by atoms with van der Waals surface area (Å²) in [5, 5.41) is 12.5. The lowest BCUT2D eigenvalue weighted by Gasteiger charge is -2.31. The van der Waals surface area contributed by atoms with E-state index < -0.39 is 18.0 Å². The summed E-state index contributed by atoms with van der Waals surface area (Å²) in [6, 6.07) is 6.33. The number of aliphatic imine (C=N–C) groups is 1. The van der Waals surface area contributed by atoms with Crippen LogP contribution in [-0.2, 0) is 5.54 Å². The first-order valence-electron chi connectivity index (χ1n) is 8.92. The Morgan fingerprint density at radius 1 is 1.31 bits per heavy atom. The summed E-state index contributed by atoms with van der Waals surface area (Å²) in [5.74, 6) is -0.146. The molecule has 2 aliphatic rings. The Morgan fingerprint density at radius 3 is 3.00 bits per heavy atom. The number of fused-ring (bicyclic) bond motifs is 2. The topological polar surface area (TPSA) is 89.1 Å². The van der Waals surface area contributed by atoms with Crippen LogP contribution < -0.4 is 11.1 Å². The Morgan fingerprint density at radius 2 is 2.17 bits per heavy atom. The molecule has 3 atom stereocenters. The number of amidine groups is 1. The molecule has 10 heteroatoms. The number of hydrogen-bond acceptors (Lipinski definition) is 7.